The number of unbranched alkanes of at least 4 members (excludes halogenated alkanes) is 2. The number of esters is 1. The Morgan fingerprint density at radius 1 is 1.00 bits per heavy atom. The predicted octanol–water partition coefficient (Wildman–Crippen LogP) is 5.41. The maximum atomic E-state index is 12.9. The molecule has 1 aromatic heterocycles. The van der Waals surface area contributed by atoms with E-state index in [4.69, 9.17) is 18.6 Å². The monoisotopic (exact) mass is 492 g/mol. The zero-order chi connectivity index (χ0) is 25.9. The predicted molar refractivity (Wildman–Crippen MR) is 138 cm³/mol. The molecule has 0 spiro atoms. The van der Waals surface area contributed by atoms with E-state index in [2.05, 4.69) is 12.6 Å². The molecule has 7 nitrogen and oxygen atoms in total. The number of methoxy groups -OCH3 is 1. The smallest absolute Gasteiger partial charge is 0.344 e. The van der Waals surface area contributed by atoms with Crippen LogP contribution in [0.15, 0.2) is 63.8 Å². The summed E-state index contributed by atoms with van der Waals surface area (Å²) in [6.45, 7) is 6.37. The van der Waals surface area contributed by atoms with Gasteiger partial charge in [-0.05, 0) is 86.4 Å². The van der Waals surface area contributed by atoms with Gasteiger partial charge in [0.25, 0.3) is 6.47 Å². The van der Waals surface area contributed by atoms with E-state index in [0.29, 0.717) is 55.0 Å². The van der Waals surface area contributed by atoms with Gasteiger partial charge in [-0.3, -0.25) is 4.79 Å². The number of hydrogen-bond donors (Lipinski definition) is 0. The fourth-order valence-electron chi connectivity index (χ4n) is 3.95. The molecule has 3 aromatic rings. The third-order valence-corrected chi connectivity index (χ3v) is 5.84. The Balaban J connectivity index is 1.85. The zero-order valence-electron chi connectivity index (χ0n) is 20.8. The van der Waals surface area contributed by atoms with Crippen molar-refractivity contribution in [1.82, 2.24) is 0 Å². The van der Waals surface area contributed by atoms with Gasteiger partial charge in [0, 0.05) is 11.0 Å². The number of benzene rings is 2. The average Bonchev–Trinajstić information content (AvgIpc) is 2.88. The molecule has 0 unspecified atom stereocenters. The van der Waals surface area contributed by atoms with E-state index in [0.717, 1.165) is 47.8 Å². The summed E-state index contributed by atoms with van der Waals surface area (Å²) < 4.78 is 21.0. The quantitative estimate of drug-likeness (QED) is 0.0977. The van der Waals surface area contributed by atoms with Crippen molar-refractivity contribution in [3.63, 3.8) is 0 Å². The summed E-state index contributed by atoms with van der Waals surface area (Å²) in [5.74, 6) is 0.319. The van der Waals surface area contributed by atoms with Crippen LogP contribution in [0.2, 0.25) is 0 Å². The van der Waals surface area contributed by atoms with Crippen LogP contribution < -0.4 is 10.4 Å². The molecule has 0 amide bonds. The van der Waals surface area contributed by atoms with Crippen LogP contribution in [0.25, 0.3) is 22.1 Å². The molecule has 0 fully saturated rings. The van der Waals surface area contributed by atoms with Gasteiger partial charge in [-0.1, -0.05) is 24.8 Å². The SMILES string of the molecule is C=C(C)C(=O)OCCCCc1cc(CCCCOC=O)cc2cc(-c3ccc(OC)cc3)c(=O)oc12. The van der Waals surface area contributed by atoms with Crippen LogP contribution in [-0.4, -0.2) is 32.8 Å². The molecule has 7 heteroatoms. The first-order valence-electron chi connectivity index (χ1n) is 12.0. The Bertz CT molecular complexity index is 1260. The Hall–Kier alpha value is -3.87. The molecule has 2 aromatic carbocycles. The van der Waals surface area contributed by atoms with E-state index in [9.17, 15) is 14.4 Å². The van der Waals surface area contributed by atoms with Crippen molar-refractivity contribution in [2.24, 2.45) is 0 Å². The van der Waals surface area contributed by atoms with Crippen LogP contribution in [-0.2, 0) is 31.9 Å². The molecule has 0 atom stereocenters. The van der Waals surface area contributed by atoms with Gasteiger partial charge in [-0.2, -0.15) is 0 Å². The molecule has 0 aliphatic heterocycles. The molecule has 0 N–H and O–H groups in total. The minimum Gasteiger partial charge on any atom is -0.497 e. The van der Waals surface area contributed by atoms with Crippen LogP contribution in [0.1, 0.15) is 43.7 Å². The van der Waals surface area contributed by atoms with Crippen molar-refractivity contribution in [3.05, 3.63) is 76.2 Å². The van der Waals surface area contributed by atoms with Gasteiger partial charge >= 0.3 is 11.6 Å². The zero-order valence-corrected chi connectivity index (χ0v) is 20.8. The largest absolute Gasteiger partial charge is 0.497 e. The number of fused-ring (bicyclic) bond motifs is 1. The van der Waals surface area contributed by atoms with E-state index in [-0.39, 0.29) is 0 Å². The number of aryl methyl sites for hydroxylation is 2. The van der Waals surface area contributed by atoms with E-state index in [1.54, 1.807) is 14.0 Å². The van der Waals surface area contributed by atoms with E-state index >= 15 is 0 Å². The van der Waals surface area contributed by atoms with Crippen molar-refractivity contribution in [3.8, 4) is 16.9 Å². The number of carbonyl (C=O) groups excluding carboxylic acids is 2. The number of carbonyl (C=O) groups is 2. The second-order valence-electron chi connectivity index (χ2n) is 8.65. The Labute approximate surface area is 210 Å². The lowest BCUT2D eigenvalue weighted by Gasteiger charge is -2.11. The number of rotatable bonds is 14. The van der Waals surface area contributed by atoms with Crippen LogP contribution in [0.5, 0.6) is 5.75 Å². The maximum absolute atomic E-state index is 12.9. The van der Waals surface area contributed by atoms with Crippen molar-refractivity contribution in [2.45, 2.75) is 45.4 Å². The van der Waals surface area contributed by atoms with Crippen molar-refractivity contribution in [1.29, 1.82) is 0 Å². The van der Waals surface area contributed by atoms with Crippen LogP contribution in [0.3, 0.4) is 0 Å². The molecule has 0 saturated heterocycles. The molecular weight excluding hydrogens is 460 g/mol. The van der Waals surface area contributed by atoms with Crippen LogP contribution in [0, 0.1) is 0 Å². The summed E-state index contributed by atoms with van der Waals surface area (Å²) in [5.41, 5.74) is 3.85. The maximum Gasteiger partial charge on any atom is 0.344 e. The molecule has 0 bridgehead atoms. The molecule has 0 aliphatic carbocycles. The minimum atomic E-state index is -0.400. The standard InChI is InChI=1S/C29H32O7/c1-20(2)28(31)35-15-7-5-9-23-16-21(8-4-6-14-34-19-30)17-24-18-26(29(32)36-27(23)24)22-10-12-25(33-3)13-11-22/h10-13,16-19H,1,4-9,14-15H2,2-3H3. The molecule has 0 radical (unpaired) electrons. The number of ether oxygens (including phenoxy) is 3. The Morgan fingerprint density at radius 2 is 1.72 bits per heavy atom. The summed E-state index contributed by atoms with van der Waals surface area (Å²) in [5, 5.41) is 0.853. The first-order chi connectivity index (χ1) is 17.4. The lowest BCUT2D eigenvalue weighted by atomic mass is 9.97. The summed E-state index contributed by atoms with van der Waals surface area (Å²) >= 11 is 0. The average molecular weight is 493 g/mol. The van der Waals surface area contributed by atoms with Gasteiger partial charge in [0.2, 0.25) is 0 Å². The third-order valence-electron chi connectivity index (χ3n) is 5.84. The van der Waals surface area contributed by atoms with Gasteiger partial charge in [0.15, 0.2) is 0 Å². The van der Waals surface area contributed by atoms with E-state index in [1.165, 1.54) is 0 Å². The summed E-state index contributed by atoms with van der Waals surface area (Å²) in [6.07, 6.45) is 4.55. The second kappa shape index (κ2) is 13.3. The van der Waals surface area contributed by atoms with Gasteiger partial charge in [0.05, 0.1) is 25.9 Å². The normalized spacial score (nSPS) is 10.7. The Kier molecular flexibility index (Phi) is 9.86. The first kappa shape index (κ1) is 26.7. The fraction of sp³-hybridized carbons (Fsp3) is 0.345. The Morgan fingerprint density at radius 3 is 2.42 bits per heavy atom. The summed E-state index contributed by atoms with van der Waals surface area (Å²) in [4.78, 5) is 34.8. The van der Waals surface area contributed by atoms with Crippen molar-refractivity contribution < 1.29 is 28.2 Å². The lowest BCUT2D eigenvalue weighted by Crippen LogP contribution is -2.07. The molecule has 0 aliphatic rings. The fourth-order valence-corrected chi connectivity index (χ4v) is 3.95. The van der Waals surface area contributed by atoms with Crippen LogP contribution >= 0.6 is 0 Å². The van der Waals surface area contributed by atoms with Gasteiger partial charge in [-0.15, -0.1) is 0 Å². The summed E-state index contributed by atoms with van der Waals surface area (Å²) in [7, 11) is 1.60. The molecule has 1 heterocycles. The highest BCUT2D eigenvalue weighted by molar-refractivity contribution is 5.87. The van der Waals surface area contributed by atoms with Crippen LogP contribution in [0.4, 0.5) is 0 Å². The summed E-state index contributed by atoms with van der Waals surface area (Å²) in [6, 6.07) is 13.3. The first-order valence-corrected chi connectivity index (χ1v) is 12.0. The van der Waals surface area contributed by atoms with Crippen molar-refractivity contribution >= 4 is 23.4 Å². The number of hydrogen-bond acceptors (Lipinski definition) is 7. The highest BCUT2D eigenvalue weighted by Crippen LogP contribution is 2.28. The second-order valence-corrected chi connectivity index (χ2v) is 8.65. The van der Waals surface area contributed by atoms with E-state index in [1.807, 2.05) is 36.4 Å². The molecule has 0 saturated carbocycles. The third kappa shape index (κ3) is 7.31. The van der Waals surface area contributed by atoms with Gasteiger partial charge < -0.3 is 18.6 Å². The topological polar surface area (TPSA) is 92.0 Å². The van der Waals surface area contributed by atoms with E-state index < -0.39 is 11.6 Å². The highest BCUT2D eigenvalue weighted by Gasteiger charge is 2.13. The van der Waals surface area contributed by atoms with Gasteiger partial charge in [-0.25, -0.2) is 9.59 Å². The van der Waals surface area contributed by atoms with Gasteiger partial charge in [0.1, 0.15) is 11.3 Å². The highest BCUT2D eigenvalue weighted by atomic mass is 16.5. The van der Waals surface area contributed by atoms with Crippen molar-refractivity contribution in [2.75, 3.05) is 20.3 Å². The minimum absolute atomic E-state index is 0.311. The molecule has 3 rings (SSSR count). The molecule has 36 heavy (non-hydrogen) atoms. The molecule has 190 valence electrons. The lowest BCUT2D eigenvalue weighted by molar-refractivity contribution is -0.139. The molecular formula is C29H32O7.